The Bertz CT molecular complexity index is 419. The molecule has 3 nitrogen and oxygen atoms in total. The highest BCUT2D eigenvalue weighted by molar-refractivity contribution is 14.0. The standard InChI is InChI=1S/C16H25N3.HI/c1-12-11-15(12)19-16(17-3)18-13(2)9-10-14-7-5-4-6-8-14;/h4-8,12-13,15H,9-11H2,1-3H3,(H2,17,18,19);1H. The van der Waals surface area contributed by atoms with Gasteiger partial charge in [-0.15, -0.1) is 24.0 Å². The van der Waals surface area contributed by atoms with Crippen molar-refractivity contribution in [2.45, 2.75) is 45.2 Å². The van der Waals surface area contributed by atoms with E-state index in [4.69, 9.17) is 0 Å². The lowest BCUT2D eigenvalue weighted by molar-refractivity contribution is 0.591. The molecule has 3 atom stereocenters. The molecular formula is C16H26IN3. The van der Waals surface area contributed by atoms with Gasteiger partial charge in [0.05, 0.1) is 0 Å². The van der Waals surface area contributed by atoms with Crippen LogP contribution >= 0.6 is 24.0 Å². The molecule has 0 radical (unpaired) electrons. The van der Waals surface area contributed by atoms with Gasteiger partial charge in [0.2, 0.25) is 0 Å². The van der Waals surface area contributed by atoms with Crippen LogP contribution in [0.5, 0.6) is 0 Å². The summed E-state index contributed by atoms with van der Waals surface area (Å²) in [6, 6.07) is 11.7. The molecule has 1 aromatic rings. The fourth-order valence-corrected chi connectivity index (χ4v) is 2.20. The fourth-order valence-electron chi connectivity index (χ4n) is 2.20. The molecule has 0 saturated heterocycles. The maximum Gasteiger partial charge on any atom is 0.191 e. The van der Waals surface area contributed by atoms with Crippen molar-refractivity contribution >= 4 is 29.9 Å². The van der Waals surface area contributed by atoms with E-state index in [0.717, 1.165) is 24.7 Å². The van der Waals surface area contributed by atoms with Gasteiger partial charge < -0.3 is 10.6 Å². The van der Waals surface area contributed by atoms with E-state index in [1.54, 1.807) is 0 Å². The maximum absolute atomic E-state index is 4.29. The number of nitrogens with one attached hydrogen (secondary N) is 2. The Kier molecular flexibility index (Phi) is 7.34. The van der Waals surface area contributed by atoms with Crippen molar-refractivity contribution in [3.63, 3.8) is 0 Å². The molecule has 112 valence electrons. The summed E-state index contributed by atoms with van der Waals surface area (Å²) < 4.78 is 0. The SMILES string of the molecule is CN=C(NC(C)CCc1ccccc1)NC1CC1C.I. The van der Waals surface area contributed by atoms with Crippen LogP contribution in [0.15, 0.2) is 35.3 Å². The largest absolute Gasteiger partial charge is 0.354 e. The maximum atomic E-state index is 4.29. The molecule has 2 rings (SSSR count). The number of benzene rings is 1. The molecule has 0 aliphatic heterocycles. The van der Waals surface area contributed by atoms with Crippen molar-refractivity contribution in [3.8, 4) is 0 Å². The predicted molar refractivity (Wildman–Crippen MR) is 96.8 cm³/mol. The molecule has 20 heavy (non-hydrogen) atoms. The number of nitrogens with zero attached hydrogens (tertiary/aromatic N) is 1. The summed E-state index contributed by atoms with van der Waals surface area (Å²) in [6.45, 7) is 4.48. The first-order valence-electron chi connectivity index (χ1n) is 7.23. The highest BCUT2D eigenvalue weighted by Crippen LogP contribution is 2.28. The molecule has 1 aromatic carbocycles. The first-order chi connectivity index (χ1) is 9.19. The van der Waals surface area contributed by atoms with Crippen LogP contribution in [0.3, 0.4) is 0 Å². The second kappa shape index (κ2) is 8.49. The number of aryl methyl sites for hydroxylation is 1. The van der Waals surface area contributed by atoms with Crippen LogP contribution in [0, 0.1) is 5.92 Å². The quantitative estimate of drug-likeness (QED) is 0.463. The van der Waals surface area contributed by atoms with Crippen molar-refractivity contribution in [1.82, 2.24) is 10.6 Å². The topological polar surface area (TPSA) is 36.4 Å². The van der Waals surface area contributed by atoms with E-state index in [1.165, 1.54) is 12.0 Å². The molecular weight excluding hydrogens is 361 g/mol. The molecule has 0 aromatic heterocycles. The Morgan fingerprint density at radius 3 is 2.55 bits per heavy atom. The molecule has 1 fully saturated rings. The van der Waals surface area contributed by atoms with Crippen molar-refractivity contribution < 1.29 is 0 Å². The molecule has 4 heteroatoms. The lowest BCUT2D eigenvalue weighted by Crippen LogP contribution is -2.43. The summed E-state index contributed by atoms with van der Waals surface area (Å²) in [7, 11) is 1.84. The normalized spacial score (nSPS) is 22.6. The van der Waals surface area contributed by atoms with Gasteiger partial charge in [-0.2, -0.15) is 0 Å². The van der Waals surface area contributed by atoms with Gasteiger partial charge in [0.25, 0.3) is 0 Å². The molecule has 1 aliphatic rings. The Hall–Kier alpha value is -0.780. The summed E-state index contributed by atoms with van der Waals surface area (Å²) >= 11 is 0. The van der Waals surface area contributed by atoms with Gasteiger partial charge in [-0.05, 0) is 37.7 Å². The van der Waals surface area contributed by atoms with Gasteiger partial charge >= 0.3 is 0 Å². The van der Waals surface area contributed by atoms with Gasteiger partial charge in [-0.1, -0.05) is 37.3 Å². The number of guanidine groups is 1. The van der Waals surface area contributed by atoms with E-state index in [1.807, 2.05) is 7.05 Å². The van der Waals surface area contributed by atoms with Crippen LogP contribution in [-0.2, 0) is 6.42 Å². The minimum atomic E-state index is 0. The Balaban J connectivity index is 0.00000200. The minimum absolute atomic E-state index is 0. The van der Waals surface area contributed by atoms with E-state index in [0.29, 0.717) is 12.1 Å². The third-order valence-electron chi connectivity index (χ3n) is 3.75. The fraction of sp³-hybridized carbons (Fsp3) is 0.562. The number of hydrogen-bond acceptors (Lipinski definition) is 1. The van der Waals surface area contributed by atoms with E-state index >= 15 is 0 Å². The van der Waals surface area contributed by atoms with Crippen molar-refractivity contribution in [2.24, 2.45) is 10.9 Å². The van der Waals surface area contributed by atoms with Crippen LogP contribution in [0.25, 0.3) is 0 Å². The number of hydrogen-bond donors (Lipinski definition) is 2. The summed E-state index contributed by atoms with van der Waals surface area (Å²) in [4.78, 5) is 4.29. The third-order valence-corrected chi connectivity index (χ3v) is 3.75. The van der Waals surface area contributed by atoms with Crippen molar-refractivity contribution in [2.75, 3.05) is 7.05 Å². The Morgan fingerprint density at radius 1 is 1.35 bits per heavy atom. The molecule has 3 unspecified atom stereocenters. The molecule has 0 amide bonds. The van der Waals surface area contributed by atoms with E-state index in [-0.39, 0.29) is 24.0 Å². The average molecular weight is 387 g/mol. The van der Waals surface area contributed by atoms with E-state index in [9.17, 15) is 0 Å². The summed E-state index contributed by atoms with van der Waals surface area (Å²) in [5, 5.41) is 6.93. The van der Waals surface area contributed by atoms with Gasteiger partial charge in [0, 0.05) is 19.1 Å². The second-order valence-corrected chi connectivity index (χ2v) is 5.61. The Morgan fingerprint density at radius 2 is 2.00 bits per heavy atom. The van der Waals surface area contributed by atoms with Gasteiger partial charge in [-0.25, -0.2) is 0 Å². The zero-order valence-corrected chi connectivity index (χ0v) is 14.9. The van der Waals surface area contributed by atoms with Gasteiger partial charge in [0.15, 0.2) is 5.96 Å². The van der Waals surface area contributed by atoms with Crippen molar-refractivity contribution in [1.29, 1.82) is 0 Å². The van der Waals surface area contributed by atoms with E-state index < -0.39 is 0 Å². The van der Waals surface area contributed by atoms with E-state index in [2.05, 4.69) is 59.8 Å². The highest BCUT2D eigenvalue weighted by atomic mass is 127. The number of halogens is 1. The first-order valence-corrected chi connectivity index (χ1v) is 7.23. The van der Waals surface area contributed by atoms with Crippen LogP contribution in [0.2, 0.25) is 0 Å². The number of rotatable bonds is 5. The second-order valence-electron chi connectivity index (χ2n) is 5.61. The first kappa shape index (κ1) is 17.3. The van der Waals surface area contributed by atoms with Gasteiger partial charge in [-0.3, -0.25) is 4.99 Å². The summed E-state index contributed by atoms with van der Waals surface area (Å²) in [5.41, 5.74) is 1.40. The highest BCUT2D eigenvalue weighted by Gasteiger charge is 2.33. The Labute approximate surface area is 139 Å². The number of aliphatic imine (C=N–C) groups is 1. The average Bonchev–Trinajstić information content (AvgIpc) is 3.12. The monoisotopic (exact) mass is 387 g/mol. The summed E-state index contributed by atoms with van der Waals surface area (Å²) in [5.74, 6) is 1.73. The smallest absolute Gasteiger partial charge is 0.191 e. The minimum Gasteiger partial charge on any atom is -0.354 e. The lowest BCUT2D eigenvalue weighted by Gasteiger charge is -2.18. The van der Waals surface area contributed by atoms with Crippen LogP contribution < -0.4 is 10.6 Å². The van der Waals surface area contributed by atoms with Crippen molar-refractivity contribution in [3.05, 3.63) is 35.9 Å². The molecule has 0 spiro atoms. The van der Waals surface area contributed by atoms with Crippen LogP contribution in [0.1, 0.15) is 32.3 Å². The molecule has 0 heterocycles. The zero-order valence-electron chi connectivity index (χ0n) is 12.6. The lowest BCUT2D eigenvalue weighted by atomic mass is 10.1. The van der Waals surface area contributed by atoms with Crippen LogP contribution in [0.4, 0.5) is 0 Å². The molecule has 2 N–H and O–H groups in total. The zero-order chi connectivity index (χ0) is 13.7. The summed E-state index contributed by atoms with van der Waals surface area (Å²) in [6.07, 6.45) is 3.48. The van der Waals surface area contributed by atoms with Gasteiger partial charge in [0.1, 0.15) is 0 Å². The molecule has 0 bridgehead atoms. The predicted octanol–water partition coefficient (Wildman–Crippen LogP) is 3.20. The molecule has 1 aliphatic carbocycles. The third kappa shape index (κ3) is 5.69. The van der Waals surface area contributed by atoms with Crippen LogP contribution in [-0.4, -0.2) is 25.1 Å². The molecule has 1 saturated carbocycles.